The Morgan fingerprint density at radius 1 is 1.27 bits per heavy atom. The van der Waals surface area contributed by atoms with Gasteiger partial charge in [-0.05, 0) is 6.42 Å². The summed E-state index contributed by atoms with van der Waals surface area (Å²) in [5, 5.41) is 10.8. The predicted octanol–water partition coefficient (Wildman–Crippen LogP) is -0.251. The second-order valence-corrected chi connectivity index (χ2v) is 2.64. The molecule has 0 fully saturated rings. The number of aliphatic carboxylic acids is 1. The molecule has 0 bridgehead atoms. The van der Waals surface area contributed by atoms with E-state index in [1.807, 2.05) is 0 Å². The van der Waals surface area contributed by atoms with Crippen molar-refractivity contribution in [1.82, 2.24) is 5.32 Å². The summed E-state index contributed by atoms with van der Waals surface area (Å²) in [6.07, 6.45) is -0.985. The fourth-order valence-corrected chi connectivity index (χ4v) is 0.823. The van der Waals surface area contributed by atoms with Crippen molar-refractivity contribution < 1.29 is 29.0 Å². The Kier molecular flexibility index (Phi) is 5.84. The summed E-state index contributed by atoms with van der Waals surface area (Å²) in [6, 6.07) is -1.16. The minimum atomic E-state index is -1.23. The lowest BCUT2D eigenvalue weighted by atomic mass is 10.1. The van der Waals surface area contributed by atoms with E-state index in [2.05, 4.69) is 14.8 Å². The molecule has 0 aromatic carbocycles. The SMILES string of the molecule is COC(=O)CCC(NC(=O)OC)C(=O)O. The highest BCUT2D eigenvalue weighted by Gasteiger charge is 2.21. The predicted molar refractivity (Wildman–Crippen MR) is 48.2 cm³/mol. The van der Waals surface area contributed by atoms with Gasteiger partial charge in [0.25, 0.3) is 0 Å². The number of amides is 1. The van der Waals surface area contributed by atoms with E-state index in [1.165, 1.54) is 7.11 Å². The number of alkyl carbamates (subject to hydrolysis) is 1. The largest absolute Gasteiger partial charge is 0.480 e. The van der Waals surface area contributed by atoms with Crippen molar-refractivity contribution in [2.75, 3.05) is 14.2 Å². The van der Waals surface area contributed by atoms with Crippen LogP contribution in [0.25, 0.3) is 0 Å². The maximum Gasteiger partial charge on any atom is 0.407 e. The summed E-state index contributed by atoms with van der Waals surface area (Å²) < 4.78 is 8.57. The van der Waals surface area contributed by atoms with Gasteiger partial charge in [0, 0.05) is 6.42 Å². The number of methoxy groups -OCH3 is 2. The summed E-state index contributed by atoms with van der Waals surface area (Å²) >= 11 is 0. The third-order valence-corrected chi connectivity index (χ3v) is 1.64. The zero-order valence-corrected chi connectivity index (χ0v) is 8.48. The Morgan fingerprint density at radius 3 is 2.27 bits per heavy atom. The maximum atomic E-state index is 10.7. The molecule has 0 aromatic heterocycles. The van der Waals surface area contributed by atoms with E-state index in [0.717, 1.165) is 7.11 Å². The summed E-state index contributed by atoms with van der Waals surface area (Å²) in [5.74, 6) is -1.77. The molecule has 0 aliphatic heterocycles. The number of hydrogen-bond donors (Lipinski definition) is 2. The van der Waals surface area contributed by atoms with Crippen LogP contribution in [0.2, 0.25) is 0 Å². The molecule has 86 valence electrons. The second-order valence-electron chi connectivity index (χ2n) is 2.64. The molecule has 0 rings (SSSR count). The van der Waals surface area contributed by atoms with E-state index in [0.29, 0.717) is 0 Å². The van der Waals surface area contributed by atoms with E-state index in [-0.39, 0.29) is 12.8 Å². The van der Waals surface area contributed by atoms with Gasteiger partial charge in [0.1, 0.15) is 6.04 Å². The molecule has 1 unspecified atom stereocenters. The van der Waals surface area contributed by atoms with Crippen LogP contribution in [-0.4, -0.2) is 43.4 Å². The Morgan fingerprint density at radius 2 is 1.87 bits per heavy atom. The molecule has 7 heteroatoms. The van der Waals surface area contributed by atoms with Crippen molar-refractivity contribution in [2.45, 2.75) is 18.9 Å². The van der Waals surface area contributed by atoms with Crippen molar-refractivity contribution in [3.63, 3.8) is 0 Å². The quantitative estimate of drug-likeness (QED) is 0.618. The normalized spacial score (nSPS) is 11.3. The fraction of sp³-hybridized carbons (Fsp3) is 0.625. The molecule has 0 aromatic rings. The van der Waals surface area contributed by atoms with Gasteiger partial charge in [0.15, 0.2) is 0 Å². The third kappa shape index (κ3) is 5.50. The smallest absolute Gasteiger partial charge is 0.407 e. The molecule has 2 N–H and O–H groups in total. The fourth-order valence-electron chi connectivity index (χ4n) is 0.823. The number of rotatable bonds is 5. The van der Waals surface area contributed by atoms with E-state index in [4.69, 9.17) is 5.11 Å². The van der Waals surface area contributed by atoms with E-state index in [9.17, 15) is 14.4 Å². The van der Waals surface area contributed by atoms with Crippen molar-refractivity contribution in [3.05, 3.63) is 0 Å². The zero-order chi connectivity index (χ0) is 11.8. The molecule has 15 heavy (non-hydrogen) atoms. The van der Waals surface area contributed by atoms with Crippen molar-refractivity contribution in [1.29, 1.82) is 0 Å². The molecule has 0 heterocycles. The lowest BCUT2D eigenvalue weighted by Crippen LogP contribution is -2.41. The number of carbonyl (C=O) groups is 3. The number of carboxylic acids is 1. The van der Waals surface area contributed by atoms with Gasteiger partial charge in [-0.15, -0.1) is 0 Å². The number of nitrogens with one attached hydrogen (secondary N) is 1. The molecule has 7 nitrogen and oxygen atoms in total. The maximum absolute atomic E-state index is 10.7. The Hall–Kier alpha value is -1.79. The average molecular weight is 219 g/mol. The van der Waals surface area contributed by atoms with Crippen LogP contribution in [0.5, 0.6) is 0 Å². The minimum absolute atomic E-state index is 0.0445. The Labute approximate surface area is 86.3 Å². The molecule has 0 spiro atoms. The molecule has 0 saturated carbocycles. The van der Waals surface area contributed by atoms with Gasteiger partial charge in [-0.3, -0.25) is 4.79 Å². The van der Waals surface area contributed by atoms with Crippen molar-refractivity contribution in [2.24, 2.45) is 0 Å². The van der Waals surface area contributed by atoms with Crippen LogP contribution in [0.4, 0.5) is 4.79 Å². The van der Waals surface area contributed by atoms with Gasteiger partial charge < -0.3 is 19.9 Å². The molecule has 0 aliphatic carbocycles. The third-order valence-electron chi connectivity index (χ3n) is 1.64. The van der Waals surface area contributed by atoms with E-state index < -0.39 is 24.1 Å². The molecule has 1 atom stereocenters. The first-order chi connectivity index (χ1) is 7.01. The Bertz CT molecular complexity index is 252. The van der Waals surface area contributed by atoms with Gasteiger partial charge in [0.05, 0.1) is 14.2 Å². The van der Waals surface area contributed by atoms with Crippen LogP contribution >= 0.6 is 0 Å². The first-order valence-electron chi connectivity index (χ1n) is 4.15. The van der Waals surface area contributed by atoms with E-state index in [1.54, 1.807) is 0 Å². The van der Waals surface area contributed by atoms with Gasteiger partial charge in [-0.1, -0.05) is 0 Å². The highest BCUT2D eigenvalue weighted by Crippen LogP contribution is 1.99. The number of carbonyl (C=O) groups excluding carboxylic acids is 2. The lowest BCUT2D eigenvalue weighted by molar-refractivity contribution is -0.142. The second kappa shape index (κ2) is 6.63. The molecule has 1 amide bonds. The van der Waals surface area contributed by atoms with Crippen LogP contribution in [-0.2, 0) is 19.1 Å². The topological polar surface area (TPSA) is 102 Å². The van der Waals surface area contributed by atoms with E-state index >= 15 is 0 Å². The van der Waals surface area contributed by atoms with Crippen molar-refractivity contribution >= 4 is 18.0 Å². The van der Waals surface area contributed by atoms with Crippen molar-refractivity contribution in [3.8, 4) is 0 Å². The van der Waals surface area contributed by atoms with Gasteiger partial charge in [0.2, 0.25) is 0 Å². The Balaban J connectivity index is 4.11. The molecular weight excluding hydrogens is 206 g/mol. The summed E-state index contributed by atoms with van der Waals surface area (Å²) in [6.45, 7) is 0. The first-order valence-corrected chi connectivity index (χ1v) is 4.15. The summed E-state index contributed by atoms with van der Waals surface area (Å²) in [4.78, 5) is 32.1. The van der Waals surface area contributed by atoms with Crippen LogP contribution in [0.15, 0.2) is 0 Å². The lowest BCUT2D eigenvalue weighted by Gasteiger charge is -2.12. The molecule has 0 aliphatic rings. The van der Waals surface area contributed by atoms with Crippen LogP contribution in [0.3, 0.4) is 0 Å². The monoisotopic (exact) mass is 219 g/mol. The number of ether oxygens (including phenoxy) is 2. The number of esters is 1. The van der Waals surface area contributed by atoms with Crippen LogP contribution < -0.4 is 5.32 Å². The van der Waals surface area contributed by atoms with Gasteiger partial charge in [-0.2, -0.15) is 0 Å². The van der Waals surface area contributed by atoms with Crippen LogP contribution in [0, 0.1) is 0 Å². The van der Waals surface area contributed by atoms with Crippen LogP contribution in [0.1, 0.15) is 12.8 Å². The molecule has 0 saturated heterocycles. The number of carboxylic acid groups (broad SMARTS) is 1. The van der Waals surface area contributed by atoms with Gasteiger partial charge >= 0.3 is 18.0 Å². The molecule has 0 radical (unpaired) electrons. The first kappa shape index (κ1) is 13.2. The number of hydrogen-bond acceptors (Lipinski definition) is 5. The summed E-state index contributed by atoms with van der Waals surface area (Å²) in [7, 11) is 2.32. The highest BCUT2D eigenvalue weighted by atomic mass is 16.5. The zero-order valence-electron chi connectivity index (χ0n) is 8.48. The average Bonchev–Trinajstić information content (AvgIpc) is 2.22. The molecular formula is C8H13NO6. The van der Waals surface area contributed by atoms with Gasteiger partial charge in [-0.25, -0.2) is 9.59 Å². The highest BCUT2D eigenvalue weighted by molar-refractivity contribution is 5.80. The standard InChI is InChI=1S/C8H13NO6/c1-14-6(10)4-3-5(7(11)12)9-8(13)15-2/h5H,3-4H2,1-2H3,(H,9,13)(H,11,12). The summed E-state index contributed by atoms with van der Waals surface area (Å²) in [5.41, 5.74) is 0. The minimum Gasteiger partial charge on any atom is -0.480 e.